The van der Waals surface area contributed by atoms with Crippen molar-refractivity contribution < 1.29 is 4.79 Å². The Morgan fingerprint density at radius 1 is 1.44 bits per heavy atom. The van der Waals surface area contributed by atoms with E-state index in [9.17, 15) is 4.79 Å². The van der Waals surface area contributed by atoms with E-state index in [-0.39, 0.29) is 12.5 Å². The zero-order chi connectivity index (χ0) is 13.0. The lowest BCUT2D eigenvalue weighted by molar-refractivity contribution is -0.115. The SMILES string of the molecule is CN1CCN=C1NCC(=O)Nc1ccc(I)cc1. The minimum Gasteiger partial charge on any atom is -0.347 e. The number of hydrogen-bond donors (Lipinski definition) is 2. The summed E-state index contributed by atoms with van der Waals surface area (Å²) in [4.78, 5) is 18.0. The molecule has 1 aliphatic heterocycles. The maximum Gasteiger partial charge on any atom is 0.243 e. The quantitative estimate of drug-likeness (QED) is 0.797. The van der Waals surface area contributed by atoms with Crippen molar-refractivity contribution >= 4 is 40.1 Å². The van der Waals surface area contributed by atoms with E-state index in [4.69, 9.17) is 0 Å². The first kappa shape index (κ1) is 13.1. The summed E-state index contributed by atoms with van der Waals surface area (Å²) < 4.78 is 1.14. The van der Waals surface area contributed by atoms with Crippen LogP contribution in [0.25, 0.3) is 0 Å². The highest BCUT2D eigenvalue weighted by Gasteiger charge is 2.12. The fourth-order valence-corrected chi connectivity index (χ4v) is 1.98. The summed E-state index contributed by atoms with van der Waals surface area (Å²) in [6.07, 6.45) is 0. The molecule has 2 rings (SSSR count). The van der Waals surface area contributed by atoms with Crippen molar-refractivity contribution in [1.29, 1.82) is 0 Å². The van der Waals surface area contributed by atoms with Gasteiger partial charge in [-0.1, -0.05) is 0 Å². The zero-order valence-electron chi connectivity index (χ0n) is 10.1. The highest BCUT2D eigenvalue weighted by molar-refractivity contribution is 14.1. The molecule has 5 nitrogen and oxygen atoms in total. The molecule has 18 heavy (non-hydrogen) atoms. The number of halogens is 1. The third-order valence-electron chi connectivity index (χ3n) is 2.59. The molecule has 0 saturated heterocycles. The van der Waals surface area contributed by atoms with Gasteiger partial charge in [0.1, 0.15) is 0 Å². The lowest BCUT2D eigenvalue weighted by Crippen LogP contribution is -2.39. The van der Waals surface area contributed by atoms with Crippen LogP contribution in [-0.4, -0.2) is 43.4 Å². The molecular formula is C12H15IN4O. The number of nitrogens with one attached hydrogen (secondary N) is 2. The number of rotatable bonds is 3. The summed E-state index contributed by atoms with van der Waals surface area (Å²) in [5.74, 6) is 0.715. The number of anilines is 1. The molecule has 1 heterocycles. The smallest absolute Gasteiger partial charge is 0.243 e. The van der Waals surface area contributed by atoms with E-state index < -0.39 is 0 Å². The first-order chi connectivity index (χ1) is 8.65. The molecule has 0 aliphatic carbocycles. The average Bonchev–Trinajstić information content (AvgIpc) is 2.75. The lowest BCUT2D eigenvalue weighted by atomic mass is 10.3. The van der Waals surface area contributed by atoms with Gasteiger partial charge in [0.15, 0.2) is 5.96 Å². The topological polar surface area (TPSA) is 56.7 Å². The van der Waals surface area contributed by atoms with Crippen molar-refractivity contribution in [1.82, 2.24) is 10.2 Å². The van der Waals surface area contributed by atoms with Crippen molar-refractivity contribution in [3.8, 4) is 0 Å². The third kappa shape index (κ3) is 3.59. The van der Waals surface area contributed by atoms with Gasteiger partial charge in [0.2, 0.25) is 5.91 Å². The number of benzene rings is 1. The Hall–Kier alpha value is -1.31. The number of likely N-dealkylation sites (N-methyl/N-ethyl adjacent to an activating group) is 1. The van der Waals surface area contributed by atoms with Gasteiger partial charge in [-0.25, -0.2) is 0 Å². The molecule has 0 atom stereocenters. The maximum absolute atomic E-state index is 11.7. The molecule has 6 heteroatoms. The van der Waals surface area contributed by atoms with Gasteiger partial charge in [-0.05, 0) is 46.9 Å². The van der Waals surface area contributed by atoms with Crippen molar-refractivity contribution in [2.75, 3.05) is 32.0 Å². The molecule has 96 valence electrons. The number of guanidine groups is 1. The molecule has 0 aromatic heterocycles. The fourth-order valence-electron chi connectivity index (χ4n) is 1.62. The molecule has 0 bridgehead atoms. The van der Waals surface area contributed by atoms with Gasteiger partial charge >= 0.3 is 0 Å². The average molecular weight is 358 g/mol. The Morgan fingerprint density at radius 3 is 2.78 bits per heavy atom. The van der Waals surface area contributed by atoms with Crippen molar-refractivity contribution in [3.63, 3.8) is 0 Å². The summed E-state index contributed by atoms with van der Waals surface area (Å²) in [6, 6.07) is 7.69. The highest BCUT2D eigenvalue weighted by atomic mass is 127. The van der Waals surface area contributed by atoms with Crippen LogP contribution in [0.5, 0.6) is 0 Å². The van der Waals surface area contributed by atoms with Gasteiger partial charge in [-0.2, -0.15) is 0 Å². The maximum atomic E-state index is 11.7. The molecule has 1 aliphatic rings. The third-order valence-corrected chi connectivity index (χ3v) is 3.31. The molecule has 1 aromatic carbocycles. The summed E-state index contributed by atoms with van der Waals surface area (Å²) in [5, 5.41) is 5.85. The Labute approximate surface area is 120 Å². The number of amides is 1. The lowest BCUT2D eigenvalue weighted by Gasteiger charge is -2.14. The van der Waals surface area contributed by atoms with Crippen LogP contribution in [0.1, 0.15) is 0 Å². The van der Waals surface area contributed by atoms with E-state index in [2.05, 4.69) is 38.2 Å². The first-order valence-corrected chi connectivity index (χ1v) is 6.78. The van der Waals surface area contributed by atoms with Crippen LogP contribution < -0.4 is 10.6 Å². The van der Waals surface area contributed by atoms with E-state index in [1.807, 2.05) is 36.2 Å². The molecule has 1 amide bonds. The number of aliphatic imine (C=N–C) groups is 1. The van der Waals surface area contributed by atoms with Crippen LogP contribution in [0.4, 0.5) is 5.69 Å². The second kappa shape index (κ2) is 6.03. The van der Waals surface area contributed by atoms with Crippen LogP contribution in [0.3, 0.4) is 0 Å². The van der Waals surface area contributed by atoms with Crippen LogP contribution in [0.15, 0.2) is 29.3 Å². The summed E-state index contributed by atoms with van der Waals surface area (Å²) in [7, 11) is 1.95. The van der Waals surface area contributed by atoms with Crippen LogP contribution >= 0.6 is 22.6 Å². The largest absolute Gasteiger partial charge is 0.347 e. The minimum atomic E-state index is -0.0702. The Bertz CT molecular complexity index is 458. The Kier molecular flexibility index (Phi) is 4.40. The van der Waals surface area contributed by atoms with E-state index in [0.717, 1.165) is 28.3 Å². The minimum absolute atomic E-state index is 0.0702. The van der Waals surface area contributed by atoms with Gasteiger partial charge in [0, 0.05) is 22.8 Å². The number of carbonyl (C=O) groups excluding carboxylic acids is 1. The van der Waals surface area contributed by atoms with Crippen molar-refractivity contribution in [2.24, 2.45) is 4.99 Å². The predicted molar refractivity (Wildman–Crippen MR) is 80.7 cm³/mol. The van der Waals surface area contributed by atoms with Gasteiger partial charge in [-0.3, -0.25) is 9.79 Å². The van der Waals surface area contributed by atoms with Gasteiger partial charge in [0.05, 0.1) is 13.1 Å². The standard InChI is InChI=1S/C12H15IN4O/c1-17-7-6-14-12(17)15-8-11(18)16-10-4-2-9(13)3-5-10/h2-5H,6-8H2,1H3,(H,14,15)(H,16,18). The van der Waals surface area contributed by atoms with Crippen LogP contribution in [-0.2, 0) is 4.79 Å². The molecular weight excluding hydrogens is 343 g/mol. The molecule has 0 radical (unpaired) electrons. The Balaban J connectivity index is 1.80. The molecule has 0 saturated carbocycles. The summed E-state index contributed by atoms with van der Waals surface area (Å²) in [5.41, 5.74) is 0.809. The van der Waals surface area contributed by atoms with Gasteiger partial charge in [-0.15, -0.1) is 0 Å². The molecule has 0 fully saturated rings. The number of carbonyl (C=O) groups is 1. The van der Waals surface area contributed by atoms with E-state index >= 15 is 0 Å². The monoisotopic (exact) mass is 358 g/mol. The number of nitrogens with zero attached hydrogens (tertiary/aromatic N) is 2. The molecule has 1 aromatic rings. The van der Waals surface area contributed by atoms with Crippen LogP contribution in [0.2, 0.25) is 0 Å². The van der Waals surface area contributed by atoms with Gasteiger partial charge in [0.25, 0.3) is 0 Å². The van der Waals surface area contributed by atoms with E-state index in [1.165, 1.54) is 0 Å². The normalized spacial score (nSPS) is 14.3. The second-order valence-corrected chi connectivity index (χ2v) is 5.28. The fraction of sp³-hybridized carbons (Fsp3) is 0.333. The zero-order valence-corrected chi connectivity index (χ0v) is 12.3. The van der Waals surface area contributed by atoms with Gasteiger partial charge < -0.3 is 15.5 Å². The van der Waals surface area contributed by atoms with E-state index in [0.29, 0.717) is 0 Å². The van der Waals surface area contributed by atoms with Crippen molar-refractivity contribution in [2.45, 2.75) is 0 Å². The summed E-state index contributed by atoms with van der Waals surface area (Å²) >= 11 is 2.23. The second-order valence-electron chi connectivity index (χ2n) is 4.04. The molecule has 0 unspecified atom stereocenters. The Morgan fingerprint density at radius 2 is 2.17 bits per heavy atom. The first-order valence-electron chi connectivity index (χ1n) is 5.70. The van der Waals surface area contributed by atoms with E-state index in [1.54, 1.807) is 0 Å². The molecule has 2 N–H and O–H groups in total. The number of hydrogen-bond acceptors (Lipinski definition) is 4. The highest BCUT2D eigenvalue weighted by Crippen LogP contribution is 2.10. The molecule has 0 spiro atoms. The van der Waals surface area contributed by atoms with Crippen LogP contribution in [0, 0.1) is 3.57 Å². The predicted octanol–water partition coefficient (Wildman–Crippen LogP) is 1.12. The van der Waals surface area contributed by atoms with Crippen molar-refractivity contribution in [3.05, 3.63) is 27.8 Å². The summed E-state index contributed by atoms with van der Waals surface area (Å²) in [6.45, 7) is 1.92.